The van der Waals surface area contributed by atoms with Crippen LogP contribution in [0.4, 0.5) is 5.69 Å². The molecule has 3 aromatic rings. The molecule has 3 heterocycles. The summed E-state index contributed by atoms with van der Waals surface area (Å²) >= 11 is 12.2. The number of halogens is 2. The molecule has 0 bridgehead atoms. The number of carbonyl (C=O) groups excluding carboxylic acids is 1. The van der Waals surface area contributed by atoms with Gasteiger partial charge in [-0.2, -0.15) is 0 Å². The van der Waals surface area contributed by atoms with Gasteiger partial charge in [-0.05, 0) is 37.8 Å². The van der Waals surface area contributed by atoms with E-state index < -0.39 is 11.3 Å². The Kier molecular flexibility index (Phi) is 5.54. The van der Waals surface area contributed by atoms with Crippen molar-refractivity contribution in [2.24, 2.45) is 5.73 Å². The second kappa shape index (κ2) is 8.10. The molecular weight excluding hydrogens is 413 g/mol. The van der Waals surface area contributed by atoms with Crippen molar-refractivity contribution in [3.05, 3.63) is 62.8 Å². The minimum Gasteiger partial charge on any atom is -0.328 e. The number of fused-ring (bicyclic) bond motifs is 1. The molecule has 9 heteroatoms. The lowest BCUT2D eigenvalue weighted by atomic mass is 9.91. The van der Waals surface area contributed by atoms with Crippen LogP contribution in [0.15, 0.2) is 41.7 Å². The predicted molar refractivity (Wildman–Crippen MR) is 114 cm³/mol. The Morgan fingerprint density at radius 1 is 1.17 bits per heavy atom. The third-order valence-corrected chi connectivity index (χ3v) is 5.83. The summed E-state index contributed by atoms with van der Waals surface area (Å²) in [4.78, 5) is 34.2. The lowest BCUT2D eigenvalue weighted by Gasteiger charge is -2.29. The van der Waals surface area contributed by atoms with Crippen molar-refractivity contribution >= 4 is 45.8 Å². The number of amides is 1. The summed E-state index contributed by atoms with van der Waals surface area (Å²) in [7, 11) is 0. The molecule has 3 N–H and O–H groups in total. The Morgan fingerprint density at radius 2 is 1.86 bits per heavy atom. The van der Waals surface area contributed by atoms with Gasteiger partial charge in [0.05, 0.1) is 21.1 Å². The molecule has 1 aliphatic carbocycles. The summed E-state index contributed by atoms with van der Waals surface area (Å²) in [6, 6.07) is 3.67. The first kappa shape index (κ1) is 19.8. The quantitative estimate of drug-likeness (QED) is 0.656. The van der Waals surface area contributed by atoms with Gasteiger partial charge in [0.15, 0.2) is 0 Å². The molecule has 3 aromatic heterocycles. The van der Waals surface area contributed by atoms with E-state index in [9.17, 15) is 9.59 Å². The van der Waals surface area contributed by atoms with Gasteiger partial charge in [0, 0.05) is 36.9 Å². The minimum atomic E-state index is -0.586. The topological polar surface area (TPSA) is 103 Å². The van der Waals surface area contributed by atoms with Crippen molar-refractivity contribution in [2.75, 3.05) is 5.32 Å². The normalized spacial score (nSPS) is 19.3. The largest absolute Gasteiger partial charge is 0.328 e. The van der Waals surface area contributed by atoms with Crippen LogP contribution in [0.25, 0.3) is 11.0 Å². The maximum Gasteiger partial charge on any atom is 0.261 e. The highest BCUT2D eigenvalue weighted by molar-refractivity contribution is 6.39. The molecule has 0 aliphatic heterocycles. The number of nitrogens with zero attached hydrogens (tertiary/aromatic N) is 3. The van der Waals surface area contributed by atoms with Crippen LogP contribution >= 0.6 is 23.2 Å². The molecule has 0 saturated heterocycles. The van der Waals surface area contributed by atoms with Crippen molar-refractivity contribution < 1.29 is 4.79 Å². The van der Waals surface area contributed by atoms with Crippen molar-refractivity contribution in [2.45, 2.75) is 37.8 Å². The van der Waals surface area contributed by atoms with E-state index in [1.54, 1.807) is 24.5 Å². The molecule has 0 unspecified atom stereocenters. The van der Waals surface area contributed by atoms with E-state index in [-0.39, 0.29) is 33.4 Å². The maximum atomic E-state index is 13.0. The first-order valence-electron chi connectivity index (χ1n) is 9.31. The zero-order chi connectivity index (χ0) is 20.5. The Labute approximate surface area is 176 Å². The summed E-state index contributed by atoms with van der Waals surface area (Å²) in [5, 5.41) is 3.41. The average molecular weight is 432 g/mol. The van der Waals surface area contributed by atoms with Crippen LogP contribution < -0.4 is 16.5 Å². The molecular formula is C20H19Cl2N5O2. The number of pyridine rings is 3. The second-order valence-corrected chi connectivity index (χ2v) is 7.97. The highest BCUT2D eigenvalue weighted by Gasteiger charge is 2.24. The number of aromatic nitrogens is 3. The van der Waals surface area contributed by atoms with E-state index >= 15 is 0 Å². The molecule has 0 radical (unpaired) electrons. The number of hydrogen-bond donors (Lipinski definition) is 2. The second-order valence-electron chi connectivity index (χ2n) is 7.15. The molecule has 29 heavy (non-hydrogen) atoms. The molecule has 1 amide bonds. The van der Waals surface area contributed by atoms with Crippen LogP contribution in [0.1, 0.15) is 42.1 Å². The first-order valence-corrected chi connectivity index (χ1v) is 10.1. The molecule has 1 aliphatic rings. The van der Waals surface area contributed by atoms with Gasteiger partial charge in [-0.25, -0.2) is 4.98 Å². The van der Waals surface area contributed by atoms with Crippen molar-refractivity contribution in [3.63, 3.8) is 0 Å². The highest BCUT2D eigenvalue weighted by atomic mass is 35.5. The first-order chi connectivity index (χ1) is 14.0. The third kappa shape index (κ3) is 3.85. The molecule has 4 rings (SSSR count). The van der Waals surface area contributed by atoms with E-state index in [0.717, 1.165) is 25.7 Å². The van der Waals surface area contributed by atoms with Crippen LogP contribution in [0.5, 0.6) is 0 Å². The Hall–Kier alpha value is -2.48. The smallest absolute Gasteiger partial charge is 0.261 e. The molecule has 1 fully saturated rings. The molecule has 150 valence electrons. The number of carbonyl (C=O) groups is 1. The lowest BCUT2D eigenvalue weighted by Crippen LogP contribution is -2.30. The number of nitrogens with one attached hydrogen (secondary N) is 1. The zero-order valence-corrected chi connectivity index (χ0v) is 17.0. The third-order valence-electron chi connectivity index (χ3n) is 5.26. The van der Waals surface area contributed by atoms with Gasteiger partial charge >= 0.3 is 0 Å². The van der Waals surface area contributed by atoms with Crippen LogP contribution in [0.3, 0.4) is 0 Å². The van der Waals surface area contributed by atoms with Crippen LogP contribution in [-0.2, 0) is 0 Å². The number of rotatable bonds is 3. The van der Waals surface area contributed by atoms with Crippen molar-refractivity contribution in [1.29, 1.82) is 0 Å². The monoisotopic (exact) mass is 431 g/mol. The summed E-state index contributed by atoms with van der Waals surface area (Å²) in [6.07, 6.45) is 9.45. The van der Waals surface area contributed by atoms with E-state index in [2.05, 4.69) is 15.3 Å². The fourth-order valence-electron chi connectivity index (χ4n) is 3.72. The maximum absolute atomic E-state index is 13.0. The van der Waals surface area contributed by atoms with Crippen LogP contribution in [0, 0.1) is 0 Å². The minimum absolute atomic E-state index is 0.00400. The van der Waals surface area contributed by atoms with E-state index in [0.29, 0.717) is 11.0 Å². The van der Waals surface area contributed by atoms with Gasteiger partial charge in [0.1, 0.15) is 11.2 Å². The molecule has 0 aromatic carbocycles. The SMILES string of the molecule is NC1CCC(n2cc(C(=O)Nc3c(Cl)cncc3Cl)c(=O)c3cccnc32)CC1. The van der Waals surface area contributed by atoms with E-state index in [4.69, 9.17) is 28.9 Å². The zero-order valence-electron chi connectivity index (χ0n) is 15.4. The standard InChI is InChI=1S/C20H19Cl2N5O2/c21-15-8-24-9-16(22)17(15)26-20(29)14-10-27(12-5-3-11(23)4-6-12)19-13(18(14)28)2-1-7-25-19/h1-2,7-12H,3-6,23H2,(H,24,26,29). The number of anilines is 1. The predicted octanol–water partition coefficient (Wildman–Crippen LogP) is 3.79. The van der Waals surface area contributed by atoms with Crippen LogP contribution in [-0.4, -0.2) is 26.5 Å². The van der Waals surface area contributed by atoms with Crippen LogP contribution in [0.2, 0.25) is 10.0 Å². The molecule has 1 saturated carbocycles. The fraction of sp³-hybridized carbons (Fsp3) is 0.300. The number of nitrogens with two attached hydrogens (primary N) is 1. The molecule has 0 spiro atoms. The average Bonchev–Trinajstić information content (AvgIpc) is 2.72. The van der Waals surface area contributed by atoms with E-state index in [1.165, 1.54) is 12.4 Å². The van der Waals surface area contributed by atoms with Crippen molar-refractivity contribution in [1.82, 2.24) is 14.5 Å². The summed E-state index contributed by atoms with van der Waals surface area (Å²) < 4.78 is 1.92. The summed E-state index contributed by atoms with van der Waals surface area (Å²) in [6.45, 7) is 0. The highest BCUT2D eigenvalue weighted by Crippen LogP contribution is 2.31. The molecule has 0 atom stereocenters. The summed E-state index contributed by atoms with van der Waals surface area (Å²) in [5.41, 5.74) is 6.43. The van der Waals surface area contributed by atoms with Gasteiger partial charge in [-0.1, -0.05) is 23.2 Å². The lowest BCUT2D eigenvalue weighted by molar-refractivity contribution is 0.102. The number of hydrogen-bond acceptors (Lipinski definition) is 5. The van der Waals surface area contributed by atoms with E-state index in [1.807, 2.05) is 4.57 Å². The Balaban J connectivity index is 1.79. The Bertz CT molecular complexity index is 1120. The van der Waals surface area contributed by atoms with Gasteiger partial charge in [0.2, 0.25) is 5.43 Å². The van der Waals surface area contributed by atoms with Gasteiger partial charge < -0.3 is 15.6 Å². The Morgan fingerprint density at radius 3 is 2.55 bits per heavy atom. The van der Waals surface area contributed by atoms with Gasteiger partial charge in [-0.15, -0.1) is 0 Å². The van der Waals surface area contributed by atoms with Crippen molar-refractivity contribution in [3.8, 4) is 0 Å². The van der Waals surface area contributed by atoms with Gasteiger partial charge in [-0.3, -0.25) is 14.6 Å². The van der Waals surface area contributed by atoms with Gasteiger partial charge in [0.25, 0.3) is 5.91 Å². The summed E-state index contributed by atoms with van der Waals surface area (Å²) in [5.74, 6) is -0.586. The fourth-order valence-corrected chi connectivity index (χ4v) is 4.17. The molecule has 7 nitrogen and oxygen atoms in total.